The average molecular weight is 296 g/mol. The number of nitrogens with two attached hydrogens (primary N) is 2. The number of rotatable bonds is 4. The highest BCUT2D eigenvalue weighted by molar-refractivity contribution is 6.33. The Kier molecular flexibility index (Phi) is 5.26. The molecule has 1 aliphatic carbocycles. The number of halogens is 1. The smallest absolute Gasteiger partial charge is 0.251 e. The lowest BCUT2D eigenvalue weighted by molar-refractivity contribution is 0.0940. The van der Waals surface area contributed by atoms with Crippen LogP contribution in [-0.2, 0) is 0 Å². The molecule has 0 bridgehead atoms. The number of benzene rings is 1. The van der Waals surface area contributed by atoms with Crippen molar-refractivity contribution < 1.29 is 4.79 Å². The highest BCUT2D eigenvalue weighted by Crippen LogP contribution is 2.28. The zero-order valence-corrected chi connectivity index (χ0v) is 12.3. The van der Waals surface area contributed by atoms with Crippen molar-refractivity contribution >= 4 is 23.2 Å². The van der Waals surface area contributed by atoms with Crippen LogP contribution in [0.5, 0.6) is 0 Å². The lowest BCUT2D eigenvalue weighted by atomic mass is 9.81. The van der Waals surface area contributed by atoms with Gasteiger partial charge in [-0.1, -0.05) is 18.0 Å². The molecule has 0 aromatic heterocycles. The van der Waals surface area contributed by atoms with Crippen LogP contribution >= 0.6 is 11.6 Å². The predicted octanol–water partition coefficient (Wildman–Crippen LogP) is 2.42. The lowest BCUT2D eigenvalue weighted by Crippen LogP contribution is -2.33. The Morgan fingerprint density at radius 1 is 1.35 bits per heavy atom. The summed E-state index contributed by atoms with van der Waals surface area (Å²) in [4.78, 5) is 12.1. The quantitative estimate of drug-likeness (QED) is 0.746. The maximum absolute atomic E-state index is 12.1. The third-order valence-electron chi connectivity index (χ3n) is 4.03. The van der Waals surface area contributed by atoms with Gasteiger partial charge in [0.05, 0.1) is 10.7 Å². The summed E-state index contributed by atoms with van der Waals surface area (Å²) in [6, 6.07) is 4.95. The van der Waals surface area contributed by atoms with Crippen molar-refractivity contribution in [2.45, 2.75) is 25.7 Å². The zero-order valence-electron chi connectivity index (χ0n) is 11.6. The second-order valence-electron chi connectivity index (χ2n) is 5.58. The van der Waals surface area contributed by atoms with Crippen LogP contribution in [0.25, 0.3) is 0 Å². The number of carbonyl (C=O) groups is 1. The van der Waals surface area contributed by atoms with E-state index in [0.29, 0.717) is 34.7 Å². The Morgan fingerprint density at radius 2 is 2.10 bits per heavy atom. The number of nitrogen functional groups attached to an aromatic ring is 1. The average Bonchev–Trinajstić information content (AvgIpc) is 2.47. The minimum absolute atomic E-state index is 0.0942. The van der Waals surface area contributed by atoms with Gasteiger partial charge in [0.2, 0.25) is 0 Å². The Bertz CT molecular complexity index is 478. The molecule has 1 saturated carbocycles. The molecule has 0 spiro atoms. The van der Waals surface area contributed by atoms with Gasteiger partial charge in [-0.3, -0.25) is 4.79 Å². The third-order valence-corrected chi connectivity index (χ3v) is 4.38. The first kappa shape index (κ1) is 15.1. The van der Waals surface area contributed by atoms with E-state index >= 15 is 0 Å². The minimum Gasteiger partial charge on any atom is -0.398 e. The first-order chi connectivity index (χ1) is 9.60. The molecule has 2 atom stereocenters. The molecule has 5 heteroatoms. The van der Waals surface area contributed by atoms with Crippen molar-refractivity contribution in [3.63, 3.8) is 0 Å². The van der Waals surface area contributed by atoms with Crippen molar-refractivity contribution in [1.82, 2.24) is 5.32 Å². The fraction of sp³-hybridized carbons (Fsp3) is 0.533. The van der Waals surface area contributed by atoms with Crippen molar-refractivity contribution in [3.8, 4) is 0 Å². The SMILES string of the molecule is NCC1CCCC(CNC(=O)c2ccc(Cl)c(N)c2)C1. The van der Waals surface area contributed by atoms with Gasteiger partial charge in [0.1, 0.15) is 0 Å². The Morgan fingerprint density at radius 3 is 2.80 bits per heavy atom. The number of nitrogens with one attached hydrogen (secondary N) is 1. The van der Waals surface area contributed by atoms with Crippen LogP contribution in [0.2, 0.25) is 5.02 Å². The maximum Gasteiger partial charge on any atom is 0.251 e. The van der Waals surface area contributed by atoms with E-state index in [1.165, 1.54) is 19.3 Å². The fourth-order valence-electron chi connectivity index (χ4n) is 2.83. The fourth-order valence-corrected chi connectivity index (χ4v) is 2.94. The standard InChI is InChI=1S/C15H22ClN3O/c16-13-5-4-12(7-14(13)18)15(20)19-9-11-3-1-2-10(6-11)8-17/h4-5,7,10-11H,1-3,6,8-9,17-18H2,(H,19,20). The molecule has 1 amide bonds. The van der Waals surface area contributed by atoms with Crippen molar-refractivity contribution in [2.75, 3.05) is 18.8 Å². The molecule has 2 unspecified atom stereocenters. The van der Waals surface area contributed by atoms with E-state index in [1.54, 1.807) is 18.2 Å². The summed E-state index contributed by atoms with van der Waals surface area (Å²) in [6.07, 6.45) is 4.70. The molecule has 5 N–H and O–H groups in total. The van der Waals surface area contributed by atoms with E-state index in [2.05, 4.69) is 5.32 Å². The van der Waals surface area contributed by atoms with Crippen LogP contribution < -0.4 is 16.8 Å². The van der Waals surface area contributed by atoms with E-state index < -0.39 is 0 Å². The van der Waals surface area contributed by atoms with Gasteiger partial charge < -0.3 is 16.8 Å². The lowest BCUT2D eigenvalue weighted by Gasteiger charge is -2.28. The van der Waals surface area contributed by atoms with Gasteiger partial charge in [0.15, 0.2) is 0 Å². The number of amides is 1. The number of carbonyl (C=O) groups excluding carboxylic acids is 1. The second-order valence-corrected chi connectivity index (χ2v) is 5.99. The van der Waals surface area contributed by atoms with Crippen LogP contribution in [0, 0.1) is 11.8 Å². The topological polar surface area (TPSA) is 81.1 Å². The molecule has 4 nitrogen and oxygen atoms in total. The molecule has 0 radical (unpaired) electrons. The molecule has 0 heterocycles. The zero-order chi connectivity index (χ0) is 14.5. The van der Waals surface area contributed by atoms with Crippen LogP contribution in [0.4, 0.5) is 5.69 Å². The summed E-state index contributed by atoms with van der Waals surface area (Å²) in [5.74, 6) is 1.05. The van der Waals surface area contributed by atoms with E-state index in [4.69, 9.17) is 23.1 Å². The summed E-state index contributed by atoms with van der Waals surface area (Å²) in [5, 5.41) is 3.45. The third kappa shape index (κ3) is 3.87. The van der Waals surface area contributed by atoms with Gasteiger partial charge in [-0.2, -0.15) is 0 Å². The molecule has 2 rings (SSSR count). The molecule has 110 valence electrons. The first-order valence-corrected chi connectivity index (χ1v) is 7.51. The highest BCUT2D eigenvalue weighted by Gasteiger charge is 2.21. The van der Waals surface area contributed by atoms with E-state index in [0.717, 1.165) is 13.0 Å². The molecule has 1 aliphatic rings. The van der Waals surface area contributed by atoms with Crippen LogP contribution in [-0.4, -0.2) is 19.0 Å². The second kappa shape index (κ2) is 6.95. The minimum atomic E-state index is -0.0942. The van der Waals surface area contributed by atoms with Gasteiger partial charge >= 0.3 is 0 Å². The number of anilines is 1. The summed E-state index contributed by atoms with van der Waals surface area (Å²) < 4.78 is 0. The summed E-state index contributed by atoms with van der Waals surface area (Å²) in [7, 11) is 0. The van der Waals surface area contributed by atoms with Crippen molar-refractivity contribution in [1.29, 1.82) is 0 Å². The van der Waals surface area contributed by atoms with Gasteiger partial charge in [-0.25, -0.2) is 0 Å². The molecule has 0 aliphatic heterocycles. The molecule has 20 heavy (non-hydrogen) atoms. The van der Waals surface area contributed by atoms with E-state index in [9.17, 15) is 4.79 Å². The Hall–Kier alpha value is -1.26. The maximum atomic E-state index is 12.1. The Labute approximate surface area is 124 Å². The van der Waals surface area contributed by atoms with Crippen LogP contribution in [0.3, 0.4) is 0 Å². The molecule has 1 aromatic carbocycles. The van der Waals surface area contributed by atoms with Crippen LogP contribution in [0.15, 0.2) is 18.2 Å². The van der Waals surface area contributed by atoms with E-state index in [-0.39, 0.29) is 5.91 Å². The van der Waals surface area contributed by atoms with Gasteiger partial charge in [0, 0.05) is 12.1 Å². The molecule has 1 aromatic rings. The molecular weight excluding hydrogens is 274 g/mol. The largest absolute Gasteiger partial charge is 0.398 e. The van der Waals surface area contributed by atoms with Gasteiger partial charge in [-0.15, -0.1) is 0 Å². The summed E-state index contributed by atoms with van der Waals surface area (Å²) >= 11 is 5.85. The highest BCUT2D eigenvalue weighted by atomic mass is 35.5. The normalized spacial score (nSPS) is 22.5. The first-order valence-electron chi connectivity index (χ1n) is 7.13. The van der Waals surface area contributed by atoms with Gasteiger partial charge in [0.25, 0.3) is 5.91 Å². The molecule has 0 saturated heterocycles. The number of hydrogen-bond acceptors (Lipinski definition) is 3. The monoisotopic (exact) mass is 295 g/mol. The summed E-state index contributed by atoms with van der Waals surface area (Å²) in [5.41, 5.74) is 12.4. The van der Waals surface area contributed by atoms with Crippen LogP contribution in [0.1, 0.15) is 36.0 Å². The Balaban J connectivity index is 1.87. The molecule has 1 fully saturated rings. The molecular formula is C15H22ClN3O. The predicted molar refractivity (Wildman–Crippen MR) is 82.7 cm³/mol. The van der Waals surface area contributed by atoms with Crippen molar-refractivity contribution in [3.05, 3.63) is 28.8 Å². The number of hydrogen-bond donors (Lipinski definition) is 3. The summed E-state index contributed by atoms with van der Waals surface area (Å²) in [6.45, 7) is 1.45. The van der Waals surface area contributed by atoms with Crippen molar-refractivity contribution in [2.24, 2.45) is 17.6 Å². The van der Waals surface area contributed by atoms with Gasteiger partial charge in [-0.05, 0) is 55.8 Å². The van der Waals surface area contributed by atoms with E-state index in [1.807, 2.05) is 0 Å².